The average molecular weight is 350 g/mol. The van der Waals surface area contributed by atoms with E-state index in [4.69, 9.17) is 0 Å². The molecule has 7 heteroatoms. The Morgan fingerprint density at radius 3 is 2.65 bits per heavy atom. The highest BCUT2D eigenvalue weighted by atomic mass is 16.2. The molecule has 1 aliphatic rings. The Morgan fingerprint density at radius 1 is 1.19 bits per heavy atom. The molecule has 0 radical (unpaired) electrons. The lowest BCUT2D eigenvalue weighted by Gasteiger charge is -2.39. The van der Waals surface area contributed by atoms with Crippen LogP contribution >= 0.6 is 0 Å². The third-order valence-corrected chi connectivity index (χ3v) is 4.89. The number of carbonyl (C=O) groups excluding carboxylic acids is 1. The molecule has 1 aliphatic heterocycles. The maximum atomic E-state index is 12.4. The van der Waals surface area contributed by atoms with Gasteiger partial charge >= 0.3 is 0 Å². The molecular formula is C19H22N6O. The lowest BCUT2D eigenvalue weighted by atomic mass is 10.1. The molecule has 0 bridgehead atoms. The highest BCUT2D eigenvalue weighted by Crippen LogP contribution is 2.24. The average Bonchev–Trinajstić information content (AvgIpc) is 3.19. The van der Waals surface area contributed by atoms with E-state index in [0.717, 1.165) is 28.9 Å². The Labute approximate surface area is 152 Å². The predicted octanol–water partition coefficient (Wildman–Crippen LogP) is 2.00. The van der Waals surface area contributed by atoms with E-state index in [0.29, 0.717) is 19.5 Å². The van der Waals surface area contributed by atoms with Crippen molar-refractivity contribution >= 4 is 5.91 Å². The Kier molecular flexibility index (Phi) is 4.28. The summed E-state index contributed by atoms with van der Waals surface area (Å²) in [5.74, 6) is 0.188. The van der Waals surface area contributed by atoms with Crippen molar-refractivity contribution in [2.75, 3.05) is 13.1 Å². The number of hydrogen-bond acceptors (Lipinski definition) is 4. The molecule has 0 atom stereocenters. The van der Waals surface area contributed by atoms with Crippen LogP contribution in [0.5, 0.6) is 0 Å². The number of likely N-dealkylation sites (tertiary alicyclic amines) is 1. The molecule has 7 nitrogen and oxygen atoms in total. The molecule has 0 saturated carbocycles. The first-order valence-corrected chi connectivity index (χ1v) is 8.84. The van der Waals surface area contributed by atoms with Gasteiger partial charge in [0.1, 0.15) is 5.69 Å². The van der Waals surface area contributed by atoms with E-state index >= 15 is 0 Å². The quantitative estimate of drug-likeness (QED) is 0.706. The van der Waals surface area contributed by atoms with Gasteiger partial charge < -0.3 is 4.90 Å². The van der Waals surface area contributed by atoms with E-state index in [1.165, 1.54) is 0 Å². The summed E-state index contributed by atoms with van der Waals surface area (Å²) in [5.41, 5.74) is 4.06. The van der Waals surface area contributed by atoms with E-state index in [-0.39, 0.29) is 11.9 Å². The van der Waals surface area contributed by atoms with Gasteiger partial charge in [-0.1, -0.05) is 35.5 Å². The zero-order chi connectivity index (χ0) is 18.1. The van der Waals surface area contributed by atoms with Crippen molar-refractivity contribution in [2.24, 2.45) is 7.05 Å². The smallest absolute Gasteiger partial charge is 0.223 e. The largest absolute Gasteiger partial charge is 0.338 e. The summed E-state index contributed by atoms with van der Waals surface area (Å²) in [7, 11) is 1.90. The summed E-state index contributed by atoms with van der Waals surface area (Å²) in [6.07, 6.45) is 5.20. The maximum Gasteiger partial charge on any atom is 0.223 e. The van der Waals surface area contributed by atoms with Crippen LogP contribution < -0.4 is 0 Å². The predicted molar refractivity (Wildman–Crippen MR) is 97.3 cm³/mol. The Hall–Kier alpha value is -2.96. The fourth-order valence-corrected chi connectivity index (χ4v) is 3.32. The number of carbonyl (C=O) groups is 1. The SMILES string of the molecule is Cc1nn(C)cc1CCC(=O)N1CC(n2cc(-c3ccccc3)nn2)C1. The molecule has 3 aromatic rings. The molecule has 1 aromatic carbocycles. The van der Waals surface area contributed by atoms with Gasteiger partial charge in [-0.05, 0) is 18.9 Å². The summed E-state index contributed by atoms with van der Waals surface area (Å²) in [6, 6.07) is 10.2. The van der Waals surface area contributed by atoms with Crippen LogP contribution in [-0.4, -0.2) is 48.7 Å². The second-order valence-corrected chi connectivity index (χ2v) is 6.82. The molecule has 134 valence electrons. The van der Waals surface area contributed by atoms with E-state index in [2.05, 4.69) is 15.4 Å². The maximum absolute atomic E-state index is 12.4. The molecule has 0 N–H and O–H groups in total. The van der Waals surface area contributed by atoms with Crippen LogP contribution in [0.3, 0.4) is 0 Å². The van der Waals surface area contributed by atoms with Crippen LogP contribution in [0.25, 0.3) is 11.3 Å². The summed E-state index contributed by atoms with van der Waals surface area (Å²) in [5, 5.41) is 12.8. The second kappa shape index (κ2) is 6.74. The topological polar surface area (TPSA) is 68.8 Å². The first kappa shape index (κ1) is 16.5. The van der Waals surface area contributed by atoms with Gasteiger partial charge in [0.2, 0.25) is 5.91 Å². The molecule has 1 amide bonds. The van der Waals surface area contributed by atoms with Crippen LogP contribution in [0, 0.1) is 6.92 Å². The van der Waals surface area contributed by atoms with Crippen molar-refractivity contribution in [3.05, 3.63) is 54.0 Å². The lowest BCUT2D eigenvalue weighted by Crippen LogP contribution is -2.51. The van der Waals surface area contributed by atoms with Gasteiger partial charge in [0.25, 0.3) is 0 Å². The molecule has 0 spiro atoms. The third kappa shape index (κ3) is 3.24. The zero-order valence-electron chi connectivity index (χ0n) is 15.0. The molecule has 3 heterocycles. The summed E-state index contributed by atoms with van der Waals surface area (Å²) in [6.45, 7) is 3.37. The monoisotopic (exact) mass is 350 g/mol. The van der Waals surface area contributed by atoms with Gasteiger partial charge in [-0.25, -0.2) is 4.68 Å². The highest BCUT2D eigenvalue weighted by molar-refractivity contribution is 5.77. The number of rotatable bonds is 5. The standard InChI is InChI=1S/C19H22N6O/c1-14-16(10-23(2)21-14)8-9-19(26)24-11-17(12-24)25-13-18(20-22-25)15-6-4-3-5-7-15/h3-7,10,13,17H,8-9,11-12H2,1-2H3. The minimum absolute atomic E-state index is 0.188. The zero-order valence-corrected chi connectivity index (χ0v) is 15.0. The number of nitrogens with zero attached hydrogens (tertiary/aromatic N) is 6. The van der Waals surface area contributed by atoms with Gasteiger partial charge in [-0.2, -0.15) is 5.10 Å². The highest BCUT2D eigenvalue weighted by Gasteiger charge is 2.32. The van der Waals surface area contributed by atoms with Gasteiger partial charge in [0.15, 0.2) is 0 Å². The fourth-order valence-electron chi connectivity index (χ4n) is 3.32. The summed E-state index contributed by atoms with van der Waals surface area (Å²) >= 11 is 0. The van der Waals surface area contributed by atoms with Gasteiger partial charge in [0, 0.05) is 38.3 Å². The normalized spacial score (nSPS) is 14.5. The van der Waals surface area contributed by atoms with Crippen molar-refractivity contribution in [1.29, 1.82) is 0 Å². The Morgan fingerprint density at radius 2 is 1.96 bits per heavy atom. The van der Waals surface area contributed by atoms with Crippen LogP contribution in [0.15, 0.2) is 42.7 Å². The van der Waals surface area contributed by atoms with Crippen molar-refractivity contribution in [3.8, 4) is 11.3 Å². The van der Waals surface area contributed by atoms with Crippen molar-refractivity contribution in [1.82, 2.24) is 29.7 Å². The number of hydrogen-bond donors (Lipinski definition) is 0. The van der Waals surface area contributed by atoms with Gasteiger partial charge in [0.05, 0.1) is 17.9 Å². The molecule has 2 aromatic heterocycles. The van der Waals surface area contributed by atoms with Gasteiger partial charge in [-0.3, -0.25) is 9.48 Å². The van der Waals surface area contributed by atoms with Crippen LogP contribution in [0.2, 0.25) is 0 Å². The number of amides is 1. The molecular weight excluding hydrogens is 328 g/mol. The fraction of sp³-hybridized carbons (Fsp3) is 0.368. The summed E-state index contributed by atoms with van der Waals surface area (Å²) < 4.78 is 3.67. The molecule has 26 heavy (non-hydrogen) atoms. The number of benzene rings is 1. The van der Waals surface area contributed by atoms with E-state index in [1.54, 1.807) is 4.68 Å². The number of aromatic nitrogens is 5. The molecule has 0 aliphatic carbocycles. The Balaban J connectivity index is 1.30. The van der Waals surface area contributed by atoms with Crippen LogP contribution in [0.1, 0.15) is 23.7 Å². The minimum Gasteiger partial charge on any atom is -0.338 e. The first-order chi connectivity index (χ1) is 12.6. The van der Waals surface area contributed by atoms with Crippen molar-refractivity contribution < 1.29 is 4.79 Å². The Bertz CT molecular complexity index is 907. The second-order valence-electron chi connectivity index (χ2n) is 6.82. The number of aryl methyl sites for hydroxylation is 3. The van der Waals surface area contributed by atoms with E-state index in [9.17, 15) is 4.79 Å². The van der Waals surface area contributed by atoms with E-state index < -0.39 is 0 Å². The van der Waals surface area contributed by atoms with Crippen molar-refractivity contribution in [2.45, 2.75) is 25.8 Å². The molecule has 1 fully saturated rings. The van der Waals surface area contributed by atoms with E-state index in [1.807, 2.05) is 66.3 Å². The third-order valence-electron chi connectivity index (χ3n) is 4.89. The van der Waals surface area contributed by atoms with Crippen molar-refractivity contribution in [3.63, 3.8) is 0 Å². The van der Waals surface area contributed by atoms with Crippen LogP contribution in [0.4, 0.5) is 0 Å². The lowest BCUT2D eigenvalue weighted by molar-refractivity contribution is -0.137. The van der Waals surface area contributed by atoms with Gasteiger partial charge in [-0.15, -0.1) is 5.10 Å². The minimum atomic E-state index is 0.188. The molecule has 0 unspecified atom stereocenters. The summed E-state index contributed by atoms with van der Waals surface area (Å²) in [4.78, 5) is 14.3. The molecule has 1 saturated heterocycles. The first-order valence-electron chi connectivity index (χ1n) is 8.84. The van der Waals surface area contributed by atoms with Crippen LogP contribution in [-0.2, 0) is 18.3 Å². The molecule has 4 rings (SSSR count).